The molecule has 0 spiro atoms. The number of amidine groups is 1. The Labute approximate surface area is 224 Å². The SMILES string of the molecule is CCNc1ccc(C#N)cc1N=C1S/C(=C2\Sc3ccc(OC)cc3N2C)C(=O)N1Cc1ccccc1. The Morgan fingerprint density at radius 3 is 2.62 bits per heavy atom. The van der Waals surface area contributed by atoms with Gasteiger partial charge in [0.1, 0.15) is 10.7 Å². The number of hydrogen-bond acceptors (Lipinski definition) is 8. The third kappa shape index (κ3) is 4.90. The zero-order chi connectivity index (χ0) is 25.9. The summed E-state index contributed by atoms with van der Waals surface area (Å²) in [6, 6.07) is 23.4. The molecule has 0 saturated carbocycles. The van der Waals surface area contributed by atoms with Crippen molar-refractivity contribution in [3.8, 4) is 11.8 Å². The summed E-state index contributed by atoms with van der Waals surface area (Å²) in [7, 11) is 3.61. The van der Waals surface area contributed by atoms with Gasteiger partial charge in [0.2, 0.25) is 0 Å². The molecule has 3 aromatic rings. The van der Waals surface area contributed by atoms with Crippen molar-refractivity contribution >= 4 is 51.7 Å². The largest absolute Gasteiger partial charge is 0.497 e. The molecular weight excluding hydrogens is 502 g/mol. The first kappa shape index (κ1) is 24.8. The van der Waals surface area contributed by atoms with Crippen LogP contribution in [-0.4, -0.2) is 36.7 Å². The van der Waals surface area contributed by atoms with E-state index in [-0.39, 0.29) is 5.91 Å². The molecule has 37 heavy (non-hydrogen) atoms. The summed E-state index contributed by atoms with van der Waals surface area (Å²) in [6.07, 6.45) is 0. The molecule has 1 amide bonds. The number of nitriles is 1. The second-order valence-corrected chi connectivity index (χ2v) is 10.4. The number of nitrogens with one attached hydrogen (secondary N) is 1. The maximum Gasteiger partial charge on any atom is 0.269 e. The summed E-state index contributed by atoms with van der Waals surface area (Å²) in [4.78, 5) is 24.3. The molecule has 5 rings (SSSR count). The number of methoxy groups -OCH3 is 1. The van der Waals surface area contributed by atoms with Gasteiger partial charge < -0.3 is 15.0 Å². The average molecular weight is 528 g/mol. The second kappa shape index (κ2) is 10.6. The molecule has 9 heteroatoms. The molecule has 2 heterocycles. The first-order chi connectivity index (χ1) is 18.0. The Hall–Kier alpha value is -3.87. The summed E-state index contributed by atoms with van der Waals surface area (Å²) in [5, 5.41) is 14.2. The number of thioether (sulfide) groups is 2. The maximum atomic E-state index is 13.9. The van der Waals surface area contributed by atoms with E-state index in [9.17, 15) is 10.1 Å². The fourth-order valence-corrected chi connectivity index (χ4v) is 6.43. The van der Waals surface area contributed by atoms with Gasteiger partial charge in [-0.25, -0.2) is 4.99 Å². The van der Waals surface area contributed by atoms with Crippen LogP contribution in [0.15, 0.2) is 86.6 Å². The van der Waals surface area contributed by atoms with Crippen LogP contribution in [0, 0.1) is 11.3 Å². The Morgan fingerprint density at radius 1 is 1.08 bits per heavy atom. The van der Waals surface area contributed by atoms with E-state index in [1.807, 2.05) is 73.5 Å². The molecule has 3 aromatic carbocycles. The Kier molecular flexibility index (Phi) is 7.12. The molecule has 0 unspecified atom stereocenters. The molecule has 0 aliphatic carbocycles. The minimum absolute atomic E-state index is 0.0943. The average Bonchev–Trinajstić information content (AvgIpc) is 3.41. The number of carbonyl (C=O) groups excluding carboxylic acids is 1. The topological polar surface area (TPSA) is 81.0 Å². The normalized spacial score (nSPS) is 17.8. The number of amides is 1. The van der Waals surface area contributed by atoms with Crippen LogP contribution in [0.4, 0.5) is 17.1 Å². The van der Waals surface area contributed by atoms with Crippen molar-refractivity contribution < 1.29 is 9.53 Å². The molecule has 2 aliphatic heterocycles. The van der Waals surface area contributed by atoms with Crippen molar-refractivity contribution in [3.63, 3.8) is 0 Å². The third-order valence-corrected chi connectivity index (χ3v) is 8.42. The molecule has 1 saturated heterocycles. The van der Waals surface area contributed by atoms with E-state index in [2.05, 4.69) is 11.4 Å². The van der Waals surface area contributed by atoms with Gasteiger partial charge in [-0.15, -0.1) is 0 Å². The minimum Gasteiger partial charge on any atom is -0.497 e. The van der Waals surface area contributed by atoms with Crippen LogP contribution in [0.5, 0.6) is 5.75 Å². The lowest BCUT2D eigenvalue weighted by atomic mass is 10.2. The van der Waals surface area contributed by atoms with E-state index in [1.54, 1.807) is 35.9 Å². The monoisotopic (exact) mass is 527 g/mol. The smallest absolute Gasteiger partial charge is 0.269 e. The van der Waals surface area contributed by atoms with Crippen LogP contribution in [0.1, 0.15) is 18.1 Å². The molecule has 1 N–H and O–H groups in total. The molecule has 0 radical (unpaired) electrons. The number of nitrogens with zero attached hydrogens (tertiary/aromatic N) is 4. The zero-order valence-electron chi connectivity index (χ0n) is 20.7. The summed E-state index contributed by atoms with van der Waals surface area (Å²) < 4.78 is 5.41. The van der Waals surface area contributed by atoms with E-state index < -0.39 is 0 Å². The quantitative estimate of drug-likeness (QED) is 0.384. The molecule has 0 aromatic heterocycles. The number of rotatable bonds is 6. The molecule has 186 valence electrons. The van der Waals surface area contributed by atoms with E-state index in [0.29, 0.717) is 34.4 Å². The van der Waals surface area contributed by atoms with Crippen molar-refractivity contribution in [2.24, 2.45) is 4.99 Å². The number of aliphatic imine (C=N–C) groups is 1. The van der Waals surface area contributed by atoms with Crippen molar-refractivity contribution in [1.82, 2.24) is 4.90 Å². The lowest BCUT2D eigenvalue weighted by molar-refractivity contribution is -0.122. The van der Waals surface area contributed by atoms with Gasteiger partial charge in [0, 0.05) is 24.6 Å². The van der Waals surface area contributed by atoms with E-state index in [4.69, 9.17) is 9.73 Å². The van der Waals surface area contributed by atoms with Gasteiger partial charge in [-0.3, -0.25) is 9.69 Å². The van der Waals surface area contributed by atoms with Crippen molar-refractivity contribution in [1.29, 1.82) is 5.26 Å². The Morgan fingerprint density at radius 2 is 1.89 bits per heavy atom. The Balaban J connectivity index is 1.59. The second-order valence-electron chi connectivity index (χ2n) is 8.38. The van der Waals surface area contributed by atoms with Crippen LogP contribution in [0.25, 0.3) is 0 Å². The lowest BCUT2D eigenvalue weighted by Gasteiger charge is -2.17. The highest BCUT2D eigenvalue weighted by atomic mass is 32.2. The van der Waals surface area contributed by atoms with Gasteiger partial charge in [-0.2, -0.15) is 5.26 Å². The standard InChI is InChI=1S/C28H25N5O2S2/c1-4-30-21-12-10-19(16-29)14-22(21)31-28-33(17-18-8-6-5-7-9-18)26(34)25(37-28)27-32(2)23-15-20(35-3)11-13-24(23)36-27/h5-15,30H,4,17H2,1-3H3/b27-25-,31-28?. The van der Waals surface area contributed by atoms with Crippen LogP contribution < -0.4 is 15.0 Å². The van der Waals surface area contributed by atoms with Gasteiger partial charge >= 0.3 is 0 Å². The lowest BCUT2D eigenvalue weighted by Crippen LogP contribution is -2.29. The summed E-state index contributed by atoms with van der Waals surface area (Å²) in [5.74, 6) is 0.673. The van der Waals surface area contributed by atoms with E-state index in [1.165, 1.54) is 11.8 Å². The Bertz CT molecular complexity index is 1460. The van der Waals surface area contributed by atoms with Crippen LogP contribution in [0.2, 0.25) is 0 Å². The van der Waals surface area contributed by atoms with Crippen LogP contribution >= 0.6 is 23.5 Å². The van der Waals surface area contributed by atoms with Crippen molar-refractivity contribution in [2.75, 3.05) is 30.9 Å². The predicted octanol–water partition coefficient (Wildman–Crippen LogP) is 6.17. The van der Waals surface area contributed by atoms with Crippen LogP contribution in [0.3, 0.4) is 0 Å². The van der Waals surface area contributed by atoms with Crippen molar-refractivity contribution in [3.05, 3.63) is 87.8 Å². The van der Waals surface area contributed by atoms with Gasteiger partial charge in [0.25, 0.3) is 5.91 Å². The first-order valence-electron chi connectivity index (χ1n) is 11.8. The molecule has 1 fully saturated rings. The fourth-order valence-electron chi connectivity index (χ4n) is 4.11. The number of hydrogen-bond donors (Lipinski definition) is 1. The van der Waals surface area contributed by atoms with Gasteiger partial charge in [0.05, 0.1) is 47.4 Å². The van der Waals surface area contributed by atoms with Crippen molar-refractivity contribution in [2.45, 2.75) is 18.4 Å². The number of carbonyl (C=O) groups is 1. The predicted molar refractivity (Wildman–Crippen MR) is 151 cm³/mol. The summed E-state index contributed by atoms with van der Waals surface area (Å²) >= 11 is 2.93. The van der Waals surface area contributed by atoms with Gasteiger partial charge in [-0.1, -0.05) is 42.1 Å². The third-order valence-electron chi connectivity index (χ3n) is 5.99. The number of fused-ring (bicyclic) bond motifs is 1. The summed E-state index contributed by atoms with van der Waals surface area (Å²) in [5.41, 5.74) is 3.96. The van der Waals surface area contributed by atoms with Gasteiger partial charge in [0.15, 0.2) is 5.17 Å². The highest BCUT2D eigenvalue weighted by molar-refractivity contribution is 8.19. The molecule has 0 atom stereocenters. The molecule has 2 aliphatic rings. The number of anilines is 2. The van der Waals surface area contributed by atoms with E-state index >= 15 is 0 Å². The minimum atomic E-state index is -0.0943. The van der Waals surface area contributed by atoms with Crippen LogP contribution in [-0.2, 0) is 11.3 Å². The highest BCUT2D eigenvalue weighted by Gasteiger charge is 2.39. The molecule has 0 bridgehead atoms. The van der Waals surface area contributed by atoms with E-state index in [0.717, 1.165) is 32.6 Å². The number of ether oxygens (including phenoxy) is 1. The van der Waals surface area contributed by atoms with Gasteiger partial charge in [-0.05, 0) is 54.6 Å². The maximum absolute atomic E-state index is 13.9. The molecule has 7 nitrogen and oxygen atoms in total. The number of benzene rings is 3. The first-order valence-corrected chi connectivity index (χ1v) is 13.4. The molecular formula is C28H25N5O2S2. The fraction of sp³-hybridized carbons (Fsp3) is 0.179. The highest BCUT2D eigenvalue weighted by Crippen LogP contribution is 2.51. The zero-order valence-corrected chi connectivity index (χ0v) is 22.3. The summed E-state index contributed by atoms with van der Waals surface area (Å²) in [6.45, 7) is 3.11.